The summed E-state index contributed by atoms with van der Waals surface area (Å²) in [6.07, 6.45) is 1.50. The number of amides is 2. The van der Waals surface area contributed by atoms with Gasteiger partial charge in [0, 0.05) is 0 Å². The van der Waals surface area contributed by atoms with E-state index in [4.69, 9.17) is 13.9 Å². The van der Waals surface area contributed by atoms with E-state index in [9.17, 15) is 9.59 Å². The Bertz CT molecular complexity index is 848. The Hall–Kier alpha value is -3.26. The molecule has 154 valence electrons. The largest absolute Gasteiger partial charge is 0.488 e. The maximum atomic E-state index is 12.7. The first-order chi connectivity index (χ1) is 14.1. The predicted octanol–water partition coefficient (Wildman–Crippen LogP) is 1.04. The van der Waals surface area contributed by atoms with Crippen LogP contribution in [-0.4, -0.2) is 45.4 Å². The average Bonchev–Trinajstić information content (AvgIpc) is 3.23. The smallest absolute Gasteiger partial charge is 0.338 e. The van der Waals surface area contributed by atoms with E-state index < -0.39 is 12.0 Å². The minimum absolute atomic E-state index is 0.238. The van der Waals surface area contributed by atoms with Crippen LogP contribution in [0.4, 0.5) is 4.79 Å². The van der Waals surface area contributed by atoms with Crippen LogP contribution >= 0.6 is 0 Å². The molecule has 8 heteroatoms. The van der Waals surface area contributed by atoms with Gasteiger partial charge in [-0.3, -0.25) is 0 Å². The average molecular weight is 400 g/mol. The lowest BCUT2D eigenvalue weighted by atomic mass is 10.00. The van der Waals surface area contributed by atoms with Crippen LogP contribution in [0, 0.1) is 0 Å². The zero-order valence-electron chi connectivity index (χ0n) is 16.6. The van der Waals surface area contributed by atoms with Crippen molar-refractivity contribution in [3.05, 3.63) is 65.8 Å². The van der Waals surface area contributed by atoms with Gasteiger partial charge in [-0.15, -0.1) is 0 Å². The Kier molecular flexibility index (Phi) is 6.91. The number of hydrogen-bond donors (Lipinski definition) is 3. The van der Waals surface area contributed by atoms with Crippen molar-refractivity contribution in [2.45, 2.75) is 13.0 Å². The van der Waals surface area contributed by atoms with Crippen LogP contribution in [0.2, 0.25) is 0 Å². The Balaban J connectivity index is 1.73. The van der Waals surface area contributed by atoms with Gasteiger partial charge in [-0.05, 0) is 31.2 Å². The van der Waals surface area contributed by atoms with E-state index >= 15 is 0 Å². The highest BCUT2D eigenvalue weighted by atomic mass is 16.5. The van der Waals surface area contributed by atoms with E-state index in [0.717, 1.165) is 10.6 Å². The fraction of sp³-hybridized carbons (Fsp3) is 0.333. The molecule has 0 fully saturated rings. The van der Waals surface area contributed by atoms with Crippen LogP contribution in [0.1, 0.15) is 18.7 Å². The molecule has 1 unspecified atom stereocenters. The second kappa shape index (κ2) is 9.79. The number of quaternary nitrogens is 1. The zero-order chi connectivity index (χ0) is 20.6. The number of benzene rings is 1. The first-order valence-corrected chi connectivity index (χ1v) is 9.58. The fourth-order valence-corrected chi connectivity index (χ4v) is 3.13. The summed E-state index contributed by atoms with van der Waals surface area (Å²) in [5.74, 6) is 0.801. The summed E-state index contributed by atoms with van der Waals surface area (Å²) in [4.78, 5) is 25.9. The van der Waals surface area contributed by atoms with Crippen molar-refractivity contribution in [1.29, 1.82) is 0 Å². The molecular formula is C21H26N3O5+. The minimum Gasteiger partial charge on any atom is -0.488 e. The van der Waals surface area contributed by atoms with Crippen molar-refractivity contribution in [2.75, 3.05) is 33.4 Å². The number of hydrogen-bond acceptors (Lipinski definition) is 5. The molecule has 1 aliphatic heterocycles. The molecule has 0 spiro atoms. The highest BCUT2D eigenvalue weighted by Gasteiger charge is 2.36. The summed E-state index contributed by atoms with van der Waals surface area (Å²) in [7, 11) is 1.97. The molecule has 0 radical (unpaired) electrons. The number of para-hydroxylation sites is 1. The van der Waals surface area contributed by atoms with Gasteiger partial charge in [0.2, 0.25) is 0 Å². The van der Waals surface area contributed by atoms with Gasteiger partial charge in [-0.25, -0.2) is 9.59 Å². The number of nitrogens with one attached hydrogen (secondary N) is 3. The second-order valence-corrected chi connectivity index (χ2v) is 6.70. The molecular weight excluding hydrogens is 374 g/mol. The third-order valence-electron chi connectivity index (χ3n) is 4.50. The normalized spacial score (nSPS) is 17.3. The van der Waals surface area contributed by atoms with Crippen LogP contribution in [-0.2, 0) is 9.53 Å². The van der Waals surface area contributed by atoms with Gasteiger partial charge >= 0.3 is 12.0 Å². The molecule has 1 aromatic carbocycles. The van der Waals surface area contributed by atoms with E-state index in [1.165, 1.54) is 6.26 Å². The van der Waals surface area contributed by atoms with Crippen LogP contribution < -0.4 is 20.3 Å². The quantitative estimate of drug-likeness (QED) is 0.547. The van der Waals surface area contributed by atoms with E-state index in [2.05, 4.69) is 10.6 Å². The van der Waals surface area contributed by atoms with Crippen molar-refractivity contribution in [3.63, 3.8) is 0 Å². The lowest BCUT2D eigenvalue weighted by Gasteiger charge is -2.28. The van der Waals surface area contributed by atoms with E-state index in [1.54, 1.807) is 19.1 Å². The van der Waals surface area contributed by atoms with Gasteiger partial charge in [0.25, 0.3) is 0 Å². The molecule has 3 rings (SSSR count). The van der Waals surface area contributed by atoms with Crippen LogP contribution in [0.5, 0.6) is 5.75 Å². The van der Waals surface area contributed by atoms with Gasteiger partial charge in [-0.1, -0.05) is 18.2 Å². The van der Waals surface area contributed by atoms with Crippen LogP contribution in [0.15, 0.2) is 64.4 Å². The van der Waals surface area contributed by atoms with Gasteiger partial charge in [0.15, 0.2) is 0 Å². The number of carbonyl (C=O) groups is 2. The first-order valence-electron chi connectivity index (χ1n) is 9.58. The lowest BCUT2D eigenvalue weighted by molar-refractivity contribution is -0.874. The van der Waals surface area contributed by atoms with Crippen molar-refractivity contribution >= 4 is 12.0 Å². The number of rotatable bonds is 9. The van der Waals surface area contributed by atoms with Gasteiger partial charge in [-0.2, -0.15) is 0 Å². The molecule has 1 aliphatic rings. The highest BCUT2D eigenvalue weighted by Crippen LogP contribution is 2.27. The molecule has 2 aromatic rings. The molecule has 3 N–H and O–H groups in total. The first kappa shape index (κ1) is 20.5. The summed E-state index contributed by atoms with van der Waals surface area (Å²) in [6.45, 7) is 3.60. The molecule has 29 heavy (non-hydrogen) atoms. The summed E-state index contributed by atoms with van der Waals surface area (Å²) in [5.41, 5.74) is 0.871. The summed E-state index contributed by atoms with van der Waals surface area (Å²) in [5, 5.41) is 5.50. The van der Waals surface area contributed by atoms with Crippen molar-refractivity contribution < 1.29 is 28.4 Å². The molecule has 2 heterocycles. The zero-order valence-corrected chi connectivity index (χ0v) is 16.6. The van der Waals surface area contributed by atoms with E-state index in [1.807, 2.05) is 37.4 Å². The molecule has 8 nitrogen and oxygen atoms in total. The van der Waals surface area contributed by atoms with Crippen LogP contribution in [0.3, 0.4) is 0 Å². The predicted molar refractivity (Wildman–Crippen MR) is 105 cm³/mol. The summed E-state index contributed by atoms with van der Waals surface area (Å²) < 4.78 is 16.4. The minimum atomic E-state index is -0.693. The third-order valence-corrected chi connectivity index (χ3v) is 4.50. The monoisotopic (exact) mass is 400 g/mol. The molecule has 2 atom stereocenters. The van der Waals surface area contributed by atoms with Crippen molar-refractivity contribution in [2.24, 2.45) is 0 Å². The number of furan rings is 1. The lowest BCUT2D eigenvalue weighted by Crippen LogP contribution is -3.10. The SMILES string of the molecule is CCOC(=O)C1=C(C[NH+](C)CCOc2ccccc2)NC(=O)N[C@H]1c1ccco1. The van der Waals surface area contributed by atoms with Crippen molar-refractivity contribution in [3.8, 4) is 5.75 Å². The Morgan fingerprint density at radius 1 is 1.21 bits per heavy atom. The molecule has 0 saturated heterocycles. The number of likely N-dealkylation sites (N-methyl/N-ethyl adjacent to an activating group) is 1. The Labute approximate surface area is 169 Å². The Morgan fingerprint density at radius 3 is 2.69 bits per heavy atom. The van der Waals surface area contributed by atoms with Crippen molar-refractivity contribution in [1.82, 2.24) is 10.6 Å². The second-order valence-electron chi connectivity index (χ2n) is 6.70. The van der Waals surface area contributed by atoms with E-state index in [-0.39, 0.29) is 12.6 Å². The molecule has 2 amide bonds. The highest BCUT2D eigenvalue weighted by molar-refractivity contribution is 5.95. The number of esters is 1. The number of urea groups is 1. The van der Waals surface area contributed by atoms with E-state index in [0.29, 0.717) is 36.7 Å². The van der Waals surface area contributed by atoms with Crippen LogP contribution in [0.25, 0.3) is 0 Å². The number of ether oxygens (including phenoxy) is 2. The molecule has 1 aromatic heterocycles. The molecule has 0 saturated carbocycles. The topological polar surface area (TPSA) is 94.2 Å². The maximum Gasteiger partial charge on any atom is 0.338 e. The standard InChI is InChI=1S/C21H25N3O5/c1-3-27-20(25)18-16(22-21(26)23-19(18)17-10-7-12-29-17)14-24(2)11-13-28-15-8-5-4-6-9-15/h4-10,12,19H,3,11,13-14H2,1-2H3,(H2,22,23,26)/p+1/t19-/m0/s1. The maximum absolute atomic E-state index is 12.7. The number of carbonyl (C=O) groups excluding carboxylic acids is 2. The van der Waals surface area contributed by atoms with Gasteiger partial charge < -0.3 is 29.4 Å². The third kappa shape index (κ3) is 5.39. The summed E-state index contributed by atoms with van der Waals surface area (Å²) in [6, 6.07) is 11.9. The fourth-order valence-electron chi connectivity index (χ4n) is 3.13. The summed E-state index contributed by atoms with van der Waals surface area (Å²) >= 11 is 0. The molecule has 0 bridgehead atoms. The van der Waals surface area contributed by atoms with Gasteiger partial charge in [0.1, 0.15) is 37.2 Å². The Morgan fingerprint density at radius 2 is 2.00 bits per heavy atom. The molecule has 0 aliphatic carbocycles. The van der Waals surface area contributed by atoms with Gasteiger partial charge in [0.05, 0.1) is 31.2 Å².